The van der Waals surface area contributed by atoms with E-state index in [1.54, 1.807) is 24.3 Å². The normalized spacial score (nSPS) is 14.4. The number of nitrogens with zero attached hydrogens (tertiary/aromatic N) is 2. The summed E-state index contributed by atoms with van der Waals surface area (Å²) in [4.78, 5) is 14.3. The van der Waals surface area contributed by atoms with E-state index in [-0.39, 0.29) is 5.69 Å². The Morgan fingerprint density at radius 1 is 0.967 bits per heavy atom. The smallest absolute Gasteiger partial charge is 0.266 e. The van der Waals surface area contributed by atoms with Crippen LogP contribution in [0.25, 0.3) is 6.08 Å². The molecule has 10 heteroatoms. The van der Waals surface area contributed by atoms with Gasteiger partial charge < -0.3 is 15.0 Å². The number of nitrogens with one attached hydrogen (secondary N) is 1. The van der Waals surface area contributed by atoms with Crippen molar-refractivity contribution in [3.05, 3.63) is 64.5 Å². The SMILES string of the molecule is N#C/C(=C\c1c(F)c(F)c(F)c(F)c1F)C(=O)Nc1ccc(N2CCOCC2)cc1. The molecular weight excluding hydrogens is 409 g/mol. The number of hydrogen-bond donors (Lipinski definition) is 1. The van der Waals surface area contributed by atoms with Gasteiger partial charge in [-0.15, -0.1) is 0 Å². The first-order valence-corrected chi connectivity index (χ1v) is 8.70. The van der Waals surface area contributed by atoms with Crippen molar-refractivity contribution in [2.24, 2.45) is 0 Å². The van der Waals surface area contributed by atoms with E-state index in [0.29, 0.717) is 32.4 Å². The van der Waals surface area contributed by atoms with E-state index < -0.39 is 46.1 Å². The Morgan fingerprint density at radius 3 is 2.03 bits per heavy atom. The van der Waals surface area contributed by atoms with Crippen molar-refractivity contribution in [3.8, 4) is 6.07 Å². The highest BCUT2D eigenvalue weighted by Gasteiger charge is 2.25. The molecule has 0 bridgehead atoms. The van der Waals surface area contributed by atoms with Crippen LogP contribution in [0.4, 0.5) is 33.3 Å². The lowest BCUT2D eigenvalue weighted by molar-refractivity contribution is -0.112. The van der Waals surface area contributed by atoms with Crippen molar-refractivity contribution in [2.45, 2.75) is 0 Å². The summed E-state index contributed by atoms with van der Waals surface area (Å²) in [5.74, 6) is -12.0. The van der Waals surface area contributed by atoms with Crippen molar-refractivity contribution in [1.82, 2.24) is 0 Å². The van der Waals surface area contributed by atoms with Crippen LogP contribution in [0.1, 0.15) is 5.56 Å². The molecule has 2 aromatic rings. The van der Waals surface area contributed by atoms with Crippen LogP contribution in [0.5, 0.6) is 0 Å². The molecule has 1 aliphatic heterocycles. The molecule has 30 heavy (non-hydrogen) atoms. The third kappa shape index (κ3) is 4.26. The number of carbonyl (C=O) groups excluding carboxylic acids is 1. The molecule has 0 radical (unpaired) electrons. The predicted molar refractivity (Wildman–Crippen MR) is 97.9 cm³/mol. The van der Waals surface area contributed by atoms with Gasteiger partial charge in [-0.25, -0.2) is 22.0 Å². The van der Waals surface area contributed by atoms with Crippen molar-refractivity contribution >= 4 is 23.4 Å². The Bertz CT molecular complexity index is 1010. The molecule has 1 heterocycles. The highest BCUT2D eigenvalue weighted by atomic mass is 19.2. The molecule has 0 unspecified atom stereocenters. The molecule has 1 saturated heterocycles. The topological polar surface area (TPSA) is 65.4 Å². The number of nitriles is 1. The quantitative estimate of drug-likeness (QED) is 0.267. The van der Waals surface area contributed by atoms with Gasteiger partial charge in [0.25, 0.3) is 5.91 Å². The summed E-state index contributed by atoms with van der Waals surface area (Å²) >= 11 is 0. The van der Waals surface area contributed by atoms with Gasteiger partial charge >= 0.3 is 0 Å². The van der Waals surface area contributed by atoms with Crippen molar-refractivity contribution in [3.63, 3.8) is 0 Å². The monoisotopic (exact) mass is 423 g/mol. The molecule has 0 aliphatic carbocycles. The first-order chi connectivity index (χ1) is 14.3. The number of ether oxygens (including phenoxy) is 1. The van der Waals surface area contributed by atoms with Crippen LogP contribution in [-0.2, 0) is 9.53 Å². The second-order valence-electron chi connectivity index (χ2n) is 6.25. The minimum Gasteiger partial charge on any atom is -0.378 e. The van der Waals surface area contributed by atoms with Gasteiger partial charge in [0.05, 0.1) is 18.8 Å². The Morgan fingerprint density at radius 2 is 1.50 bits per heavy atom. The number of carbonyl (C=O) groups is 1. The number of halogens is 5. The molecule has 156 valence electrons. The van der Waals surface area contributed by atoms with Crippen LogP contribution < -0.4 is 10.2 Å². The standard InChI is InChI=1S/C20H14F5N3O2/c21-15-14(16(22)18(24)19(25)17(15)23)9-11(10-26)20(29)27-12-1-3-13(4-2-12)28-5-7-30-8-6-28/h1-4,9H,5-8H2,(H,27,29)/b11-9+. The fraction of sp³-hybridized carbons (Fsp3) is 0.200. The minimum atomic E-state index is -2.33. The maximum Gasteiger partial charge on any atom is 0.266 e. The summed E-state index contributed by atoms with van der Waals surface area (Å²) in [5, 5.41) is 11.5. The van der Waals surface area contributed by atoms with Crippen LogP contribution in [-0.4, -0.2) is 32.2 Å². The molecule has 1 fully saturated rings. The van der Waals surface area contributed by atoms with E-state index in [1.807, 2.05) is 0 Å². The average Bonchev–Trinajstić information content (AvgIpc) is 2.77. The summed E-state index contributed by atoms with van der Waals surface area (Å²) in [7, 11) is 0. The predicted octanol–water partition coefficient (Wildman–Crippen LogP) is 3.76. The molecule has 1 amide bonds. The third-order valence-electron chi connectivity index (χ3n) is 4.40. The lowest BCUT2D eigenvalue weighted by Gasteiger charge is -2.28. The first-order valence-electron chi connectivity index (χ1n) is 8.70. The largest absolute Gasteiger partial charge is 0.378 e. The van der Waals surface area contributed by atoms with E-state index >= 15 is 0 Å². The molecule has 2 aromatic carbocycles. The van der Waals surface area contributed by atoms with E-state index in [0.717, 1.165) is 5.69 Å². The van der Waals surface area contributed by atoms with Crippen molar-refractivity contribution in [1.29, 1.82) is 5.26 Å². The van der Waals surface area contributed by atoms with Crippen LogP contribution in [0, 0.1) is 40.4 Å². The second kappa shape index (κ2) is 8.92. The van der Waals surface area contributed by atoms with Crippen LogP contribution in [0.15, 0.2) is 29.8 Å². The minimum absolute atomic E-state index is 0.274. The van der Waals surface area contributed by atoms with Gasteiger partial charge in [-0.3, -0.25) is 4.79 Å². The number of morpholine rings is 1. The maximum atomic E-state index is 13.8. The van der Waals surface area contributed by atoms with Gasteiger partial charge in [-0.1, -0.05) is 0 Å². The van der Waals surface area contributed by atoms with Crippen molar-refractivity contribution in [2.75, 3.05) is 36.5 Å². The molecule has 1 aliphatic rings. The fourth-order valence-electron chi connectivity index (χ4n) is 2.82. The van der Waals surface area contributed by atoms with E-state index in [4.69, 9.17) is 10.00 Å². The Hall–Kier alpha value is -3.45. The second-order valence-corrected chi connectivity index (χ2v) is 6.25. The number of hydrogen-bond acceptors (Lipinski definition) is 4. The van der Waals surface area contributed by atoms with E-state index in [1.165, 1.54) is 6.07 Å². The van der Waals surface area contributed by atoms with Crippen LogP contribution in [0.2, 0.25) is 0 Å². The van der Waals surface area contributed by atoms with Crippen LogP contribution >= 0.6 is 0 Å². The first kappa shape index (κ1) is 21.3. The number of amides is 1. The zero-order valence-electron chi connectivity index (χ0n) is 15.3. The molecular formula is C20H14F5N3O2. The number of benzene rings is 2. The molecule has 0 spiro atoms. The zero-order valence-corrected chi connectivity index (χ0v) is 15.3. The fourth-order valence-corrected chi connectivity index (χ4v) is 2.82. The average molecular weight is 423 g/mol. The zero-order chi connectivity index (χ0) is 21.8. The molecule has 3 rings (SSSR count). The third-order valence-corrected chi connectivity index (χ3v) is 4.40. The lowest BCUT2D eigenvalue weighted by atomic mass is 10.1. The highest BCUT2D eigenvalue weighted by molar-refractivity contribution is 6.09. The summed E-state index contributed by atoms with van der Waals surface area (Å²) < 4.78 is 72.6. The Balaban J connectivity index is 1.81. The van der Waals surface area contributed by atoms with Gasteiger partial charge in [0.1, 0.15) is 11.6 Å². The maximum absolute atomic E-state index is 13.8. The summed E-state index contributed by atoms with van der Waals surface area (Å²) in [5.41, 5.74) is -1.06. The number of anilines is 2. The highest BCUT2D eigenvalue weighted by Crippen LogP contribution is 2.25. The number of rotatable bonds is 4. The Kier molecular flexibility index (Phi) is 6.32. The molecule has 0 saturated carbocycles. The Labute approximate surface area is 168 Å². The van der Waals surface area contributed by atoms with Gasteiger partial charge in [-0.2, -0.15) is 5.26 Å². The molecule has 0 aromatic heterocycles. The molecule has 5 nitrogen and oxygen atoms in total. The molecule has 0 atom stereocenters. The van der Waals surface area contributed by atoms with Gasteiger partial charge in [0.15, 0.2) is 23.3 Å². The van der Waals surface area contributed by atoms with E-state index in [2.05, 4.69) is 10.2 Å². The lowest BCUT2D eigenvalue weighted by Crippen LogP contribution is -2.36. The summed E-state index contributed by atoms with van der Waals surface area (Å²) in [6.45, 7) is 2.59. The van der Waals surface area contributed by atoms with Crippen LogP contribution in [0.3, 0.4) is 0 Å². The van der Waals surface area contributed by atoms with Gasteiger partial charge in [0.2, 0.25) is 5.82 Å². The van der Waals surface area contributed by atoms with E-state index in [9.17, 15) is 26.7 Å². The summed E-state index contributed by atoms with van der Waals surface area (Å²) in [6.07, 6.45) is 0.313. The summed E-state index contributed by atoms with van der Waals surface area (Å²) in [6, 6.07) is 7.95. The molecule has 1 N–H and O–H groups in total. The van der Waals surface area contributed by atoms with Crippen molar-refractivity contribution < 1.29 is 31.5 Å². The van der Waals surface area contributed by atoms with Gasteiger partial charge in [-0.05, 0) is 30.3 Å². The van der Waals surface area contributed by atoms with Gasteiger partial charge in [0, 0.05) is 24.5 Å².